The Hall–Kier alpha value is -4.47. The fourth-order valence-electron chi connectivity index (χ4n) is 5.49. The molecule has 1 aliphatic rings. The van der Waals surface area contributed by atoms with Gasteiger partial charge < -0.3 is 19.9 Å². The van der Waals surface area contributed by atoms with Crippen LogP contribution in [-0.4, -0.2) is 56.4 Å². The number of sulfone groups is 1. The molecule has 2 N–H and O–H groups in total. The minimum atomic E-state index is -3.72. The van der Waals surface area contributed by atoms with E-state index in [1.54, 1.807) is 54.6 Å². The van der Waals surface area contributed by atoms with Crippen molar-refractivity contribution in [3.05, 3.63) is 132 Å². The van der Waals surface area contributed by atoms with E-state index in [1.165, 1.54) is 5.56 Å². The van der Waals surface area contributed by atoms with Gasteiger partial charge in [0.05, 0.1) is 17.3 Å². The summed E-state index contributed by atoms with van der Waals surface area (Å²) in [5.41, 5.74) is 1.07. The van der Waals surface area contributed by atoms with E-state index in [9.17, 15) is 13.2 Å². The highest BCUT2D eigenvalue weighted by atomic mass is 32.2. The lowest BCUT2D eigenvalue weighted by Gasteiger charge is -2.30. The van der Waals surface area contributed by atoms with Gasteiger partial charge in [-0.15, -0.1) is 0 Å². The van der Waals surface area contributed by atoms with Crippen molar-refractivity contribution in [1.82, 2.24) is 5.32 Å². The van der Waals surface area contributed by atoms with E-state index in [0.29, 0.717) is 30.9 Å². The fourth-order valence-corrected chi connectivity index (χ4v) is 6.88. The second-order valence-corrected chi connectivity index (χ2v) is 13.4. The summed E-state index contributed by atoms with van der Waals surface area (Å²) in [6, 6.07) is 35.0. The molecule has 9 heteroatoms. The normalized spacial score (nSPS) is 17.6. The zero-order chi connectivity index (χ0) is 32.2. The van der Waals surface area contributed by atoms with Gasteiger partial charge in [0.25, 0.3) is 5.91 Å². The Morgan fingerprint density at radius 2 is 1.50 bits per heavy atom. The Bertz CT molecular complexity index is 1680. The lowest BCUT2D eigenvalue weighted by Crippen LogP contribution is -2.49. The maximum Gasteiger partial charge on any atom is 0.252 e. The standard InChI is InChI=1S/C37H40N2O6S/c40-26-12-27-44-32-22-20-31(21-23-32)35-39-37(34(45-35)30-16-6-2-7-17-30,24-28-46(42,43)33-18-8-3-9-19-33)36(41)38-25-11-10-15-29-13-4-1-5-14-29/h1-9,13-14,16-23,34,40H,10-12,15,24-28H2,(H,38,41)/t34-,37-/m1/s1. The number of nitrogens with one attached hydrogen (secondary N) is 1. The highest BCUT2D eigenvalue weighted by Gasteiger charge is 2.53. The van der Waals surface area contributed by atoms with Crippen molar-refractivity contribution < 1.29 is 27.8 Å². The van der Waals surface area contributed by atoms with Crippen LogP contribution >= 0.6 is 0 Å². The molecule has 2 atom stereocenters. The molecule has 0 saturated heterocycles. The van der Waals surface area contributed by atoms with Gasteiger partial charge >= 0.3 is 0 Å². The molecule has 0 aliphatic carbocycles. The van der Waals surface area contributed by atoms with Crippen LogP contribution < -0.4 is 10.1 Å². The zero-order valence-electron chi connectivity index (χ0n) is 25.8. The molecular weight excluding hydrogens is 600 g/mol. The van der Waals surface area contributed by atoms with Crippen LogP contribution in [-0.2, 0) is 25.8 Å². The van der Waals surface area contributed by atoms with Crippen LogP contribution in [0.15, 0.2) is 125 Å². The molecule has 0 saturated carbocycles. The quantitative estimate of drug-likeness (QED) is 0.152. The van der Waals surface area contributed by atoms with Gasteiger partial charge in [-0.25, -0.2) is 13.4 Å². The van der Waals surface area contributed by atoms with Crippen LogP contribution in [0.25, 0.3) is 0 Å². The Labute approximate surface area is 271 Å². The molecule has 0 bridgehead atoms. The molecule has 1 amide bonds. The van der Waals surface area contributed by atoms with Crippen molar-refractivity contribution in [3.63, 3.8) is 0 Å². The lowest BCUT2D eigenvalue weighted by atomic mass is 9.85. The number of unbranched alkanes of at least 4 members (excludes halogenated alkanes) is 1. The minimum Gasteiger partial charge on any atom is -0.494 e. The molecule has 4 aromatic carbocycles. The zero-order valence-corrected chi connectivity index (χ0v) is 26.6. The third kappa shape index (κ3) is 8.21. The third-order valence-electron chi connectivity index (χ3n) is 8.01. The van der Waals surface area contributed by atoms with Gasteiger partial charge in [-0.3, -0.25) is 4.79 Å². The maximum atomic E-state index is 14.3. The van der Waals surface area contributed by atoms with Crippen molar-refractivity contribution in [1.29, 1.82) is 0 Å². The van der Waals surface area contributed by atoms with Gasteiger partial charge in [0.1, 0.15) is 5.75 Å². The second-order valence-electron chi connectivity index (χ2n) is 11.3. The van der Waals surface area contributed by atoms with Crippen molar-refractivity contribution in [2.45, 2.75) is 48.6 Å². The Morgan fingerprint density at radius 3 is 2.17 bits per heavy atom. The van der Waals surface area contributed by atoms with Crippen LogP contribution in [0.5, 0.6) is 5.75 Å². The number of benzene rings is 4. The van der Waals surface area contributed by atoms with Crippen LogP contribution in [0.4, 0.5) is 0 Å². The molecule has 4 aromatic rings. The van der Waals surface area contributed by atoms with E-state index in [4.69, 9.17) is 19.6 Å². The molecule has 46 heavy (non-hydrogen) atoms. The summed E-state index contributed by atoms with van der Waals surface area (Å²) in [6.45, 7) is 0.847. The van der Waals surface area contributed by atoms with Gasteiger partial charge in [-0.1, -0.05) is 78.9 Å². The molecule has 0 aromatic heterocycles. The van der Waals surface area contributed by atoms with E-state index in [1.807, 2.05) is 48.5 Å². The van der Waals surface area contributed by atoms with Gasteiger partial charge in [0.15, 0.2) is 21.5 Å². The summed E-state index contributed by atoms with van der Waals surface area (Å²) < 4.78 is 39.1. The van der Waals surface area contributed by atoms with Crippen molar-refractivity contribution in [2.75, 3.05) is 25.5 Å². The smallest absolute Gasteiger partial charge is 0.252 e. The summed E-state index contributed by atoms with van der Waals surface area (Å²) in [4.78, 5) is 19.4. The SMILES string of the molecule is O=C(NCCCCc1ccccc1)[C@]1(CCS(=O)(=O)c2ccccc2)N=C(c2ccc(OCCCO)cc2)O[C@@H]1c1ccccc1. The number of carbonyl (C=O) groups is 1. The molecule has 0 unspecified atom stereocenters. The number of aryl methyl sites for hydroxylation is 1. The molecule has 0 fully saturated rings. The third-order valence-corrected chi connectivity index (χ3v) is 9.74. The average molecular weight is 641 g/mol. The number of aliphatic hydroxyl groups is 1. The molecular formula is C37H40N2O6S. The molecule has 5 rings (SSSR count). The van der Waals surface area contributed by atoms with E-state index < -0.39 is 21.5 Å². The summed E-state index contributed by atoms with van der Waals surface area (Å²) in [5.74, 6) is 0.221. The lowest BCUT2D eigenvalue weighted by molar-refractivity contribution is -0.129. The minimum absolute atomic E-state index is 0.0424. The summed E-state index contributed by atoms with van der Waals surface area (Å²) in [7, 11) is -3.72. The van der Waals surface area contributed by atoms with Crippen molar-refractivity contribution >= 4 is 21.6 Å². The van der Waals surface area contributed by atoms with Gasteiger partial charge in [0.2, 0.25) is 5.90 Å². The van der Waals surface area contributed by atoms with E-state index in [2.05, 4.69) is 17.4 Å². The summed E-state index contributed by atoms with van der Waals surface area (Å²) in [5, 5.41) is 12.1. The molecule has 240 valence electrons. The Morgan fingerprint density at radius 1 is 0.848 bits per heavy atom. The topological polar surface area (TPSA) is 114 Å². The highest BCUT2D eigenvalue weighted by molar-refractivity contribution is 7.91. The van der Waals surface area contributed by atoms with Crippen LogP contribution in [0.3, 0.4) is 0 Å². The molecule has 1 aliphatic heterocycles. The van der Waals surface area contributed by atoms with Crippen LogP contribution in [0.2, 0.25) is 0 Å². The molecule has 8 nitrogen and oxygen atoms in total. The number of aliphatic imine (C=N–C) groups is 1. The number of amides is 1. The largest absolute Gasteiger partial charge is 0.494 e. The van der Waals surface area contributed by atoms with E-state index >= 15 is 0 Å². The van der Waals surface area contributed by atoms with Crippen LogP contribution in [0, 0.1) is 0 Å². The monoisotopic (exact) mass is 640 g/mol. The van der Waals surface area contributed by atoms with Crippen molar-refractivity contribution in [3.8, 4) is 5.75 Å². The average Bonchev–Trinajstić information content (AvgIpc) is 3.50. The number of hydrogen-bond donors (Lipinski definition) is 2. The molecule has 1 heterocycles. The summed E-state index contributed by atoms with van der Waals surface area (Å²) >= 11 is 0. The second kappa shape index (κ2) is 15.7. The first-order valence-electron chi connectivity index (χ1n) is 15.7. The predicted octanol–water partition coefficient (Wildman–Crippen LogP) is 5.71. The molecule has 0 spiro atoms. The summed E-state index contributed by atoms with van der Waals surface area (Å²) in [6.07, 6.45) is 2.13. The number of carbonyl (C=O) groups excluding carboxylic acids is 1. The number of rotatable bonds is 16. The first-order chi connectivity index (χ1) is 22.4. The number of ether oxygens (including phenoxy) is 2. The first-order valence-corrected chi connectivity index (χ1v) is 17.3. The number of hydrogen-bond acceptors (Lipinski definition) is 7. The number of nitrogens with zero attached hydrogens (tertiary/aromatic N) is 1. The Balaban J connectivity index is 1.43. The van der Waals surface area contributed by atoms with Gasteiger partial charge in [0, 0.05) is 31.6 Å². The highest BCUT2D eigenvalue weighted by Crippen LogP contribution is 2.43. The van der Waals surface area contributed by atoms with Crippen LogP contribution in [0.1, 0.15) is 48.5 Å². The van der Waals surface area contributed by atoms with Gasteiger partial charge in [-0.05, 0) is 66.8 Å². The van der Waals surface area contributed by atoms with E-state index in [-0.39, 0.29) is 35.5 Å². The molecule has 0 radical (unpaired) electrons. The van der Waals surface area contributed by atoms with Crippen molar-refractivity contribution in [2.24, 2.45) is 4.99 Å². The van der Waals surface area contributed by atoms with Gasteiger partial charge in [-0.2, -0.15) is 0 Å². The fraction of sp³-hybridized carbons (Fsp3) is 0.297. The maximum absolute atomic E-state index is 14.3. The first kappa shape index (κ1) is 32.9. The number of aliphatic hydroxyl groups excluding tert-OH is 1. The van der Waals surface area contributed by atoms with E-state index in [0.717, 1.165) is 24.8 Å². The Kier molecular flexibility index (Phi) is 11.2. The predicted molar refractivity (Wildman–Crippen MR) is 179 cm³/mol.